The molecule has 1 aromatic carbocycles. The maximum Gasteiger partial charge on any atom is 0.255 e. The lowest BCUT2D eigenvalue weighted by molar-refractivity contribution is 0.0206. The molecule has 1 saturated heterocycles. The molecule has 0 amide bonds. The van der Waals surface area contributed by atoms with Gasteiger partial charge in [-0.25, -0.2) is 9.37 Å². The Bertz CT molecular complexity index is 1040. The molecule has 0 N–H and O–H groups in total. The second-order valence-corrected chi connectivity index (χ2v) is 6.93. The first-order valence-electron chi connectivity index (χ1n) is 9.15. The average molecular weight is 380 g/mol. The van der Waals surface area contributed by atoms with Gasteiger partial charge in [0.15, 0.2) is 5.82 Å². The van der Waals surface area contributed by atoms with E-state index in [2.05, 4.69) is 9.97 Å². The molecule has 0 saturated carbocycles. The molecule has 0 aliphatic carbocycles. The summed E-state index contributed by atoms with van der Waals surface area (Å²) in [6, 6.07) is 12.9. The monoisotopic (exact) mass is 380 g/mol. The maximum atomic E-state index is 14.2. The number of morpholine rings is 1. The van der Waals surface area contributed by atoms with Gasteiger partial charge in [0.1, 0.15) is 6.10 Å². The number of nitrogens with zero attached hydrogens (tertiary/aromatic N) is 4. The molecule has 0 spiro atoms. The van der Waals surface area contributed by atoms with Gasteiger partial charge in [0.25, 0.3) is 5.56 Å². The number of rotatable bonds is 3. The number of hydrogen-bond donors (Lipinski definition) is 0. The van der Waals surface area contributed by atoms with Gasteiger partial charge in [-0.1, -0.05) is 30.3 Å². The van der Waals surface area contributed by atoms with Crippen LogP contribution in [-0.4, -0.2) is 33.7 Å². The molecule has 144 valence electrons. The van der Waals surface area contributed by atoms with Crippen LogP contribution in [0.3, 0.4) is 0 Å². The van der Waals surface area contributed by atoms with E-state index in [0.29, 0.717) is 24.8 Å². The topological polar surface area (TPSA) is 60.2 Å². The van der Waals surface area contributed by atoms with Crippen molar-refractivity contribution in [3.8, 4) is 11.3 Å². The molecule has 3 heterocycles. The third-order valence-corrected chi connectivity index (χ3v) is 5.02. The quantitative estimate of drug-likeness (QED) is 0.699. The highest BCUT2D eigenvalue weighted by Crippen LogP contribution is 2.29. The minimum absolute atomic E-state index is 0.0237. The van der Waals surface area contributed by atoms with E-state index in [0.717, 1.165) is 11.8 Å². The highest BCUT2D eigenvalue weighted by atomic mass is 19.1. The molecule has 3 aromatic rings. The molecule has 6 nitrogen and oxygen atoms in total. The molecule has 0 radical (unpaired) electrons. The van der Waals surface area contributed by atoms with Crippen molar-refractivity contribution in [2.75, 3.05) is 18.1 Å². The number of ether oxygens (including phenoxy) is 1. The number of halogens is 1. The zero-order valence-electron chi connectivity index (χ0n) is 15.7. The van der Waals surface area contributed by atoms with Crippen molar-refractivity contribution in [1.82, 2.24) is 14.5 Å². The standard InChI is InChI=1S/C21H21FN4O2/c1-14-13-28-19(15-6-4-3-5-7-15)12-26(14)21-24-18(10-20(27)25(21)2)16-8-9-23-11-17(16)22/h3-11,14,19H,12-13H2,1-2H3/t14-,19+/m1/s1. The van der Waals surface area contributed by atoms with Gasteiger partial charge in [-0.3, -0.25) is 14.3 Å². The Morgan fingerprint density at radius 3 is 2.75 bits per heavy atom. The van der Waals surface area contributed by atoms with E-state index in [9.17, 15) is 9.18 Å². The summed E-state index contributed by atoms with van der Waals surface area (Å²) < 4.78 is 21.7. The number of pyridine rings is 1. The molecule has 2 aromatic heterocycles. The second kappa shape index (κ2) is 7.52. The SMILES string of the molecule is C[C@@H]1CO[C@H](c2ccccc2)CN1c1nc(-c2ccncc2F)cc(=O)n1C. The molecule has 28 heavy (non-hydrogen) atoms. The summed E-state index contributed by atoms with van der Waals surface area (Å²) >= 11 is 0. The van der Waals surface area contributed by atoms with E-state index in [1.54, 1.807) is 7.05 Å². The minimum Gasteiger partial charge on any atom is -0.370 e. The Morgan fingerprint density at radius 1 is 1.21 bits per heavy atom. The molecule has 0 bridgehead atoms. The fourth-order valence-corrected chi connectivity index (χ4v) is 3.41. The van der Waals surface area contributed by atoms with Crippen LogP contribution >= 0.6 is 0 Å². The smallest absolute Gasteiger partial charge is 0.255 e. The first kappa shape index (κ1) is 18.3. The van der Waals surface area contributed by atoms with Crippen LogP contribution in [0.1, 0.15) is 18.6 Å². The first-order chi connectivity index (χ1) is 13.5. The maximum absolute atomic E-state index is 14.2. The van der Waals surface area contributed by atoms with Crippen molar-refractivity contribution in [1.29, 1.82) is 0 Å². The Balaban J connectivity index is 1.75. The van der Waals surface area contributed by atoms with Crippen LogP contribution in [-0.2, 0) is 11.8 Å². The first-order valence-corrected chi connectivity index (χ1v) is 9.15. The highest BCUT2D eigenvalue weighted by Gasteiger charge is 2.30. The molecule has 4 rings (SSSR count). The van der Waals surface area contributed by atoms with E-state index in [1.165, 1.54) is 22.9 Å². The predicted molar refractivity (Wildman–Crippen MR) is 105 cm³/mol. The molecule has 0 unspecified atom stereocenters. The Kier molecular flexibility index (Phi) is 4.92. The third-order valence-electron chi connectivity index (χ3n) is 5.02. The van der Waals surface area contributed by atoms with Crippen molar-refractivity contribution in [3.05, 3.63) is 76.6 Å². The highest BCUT2D eigenvalue weighted by molar-refractivity contribution is 5.60. The normalized spacial score (nSPS) is 19.6. The summed E-state index contributed by atoms with van der Waals surface area (Å²) in [5, 5.41) is 0. The van der Waals surface area contributed by atoms with E-state index >= 15 is 0 Å². The summed E-state index contributed by atoms with van der Waals surface area (Å²) in [5.41, 5.74) is 1.38. The summed E-state index contributed by atoms with van der Waals surface area (Å²) in [6.45, 7) is 3.07. The molecular weight excluding hydrogens is 359 g/mol. The summed E-state index contributed by atoms with van der Waals surface area (Å²) in [6.07, 6.45) is 2.48. The molecule has 2 atom stereocenters. The molecule has 7 heteroatoms. The average Bonchev–Trinajstić information content (AvgIpc) is 2.72. The number of anilines is 1. The summed E-state index contributed by atoms with van der Waals surface area (Å²) in [4.78, 5) is 23.0. The fourth-order valence-electron chi connectivity index (χ4n) is 3.41. The van der Waals surface area contributed by atoms with Gasteiger partial charge in [-0.15, -0.1) is 0 Å². The molecule has 1 fully saturated rings. The Morgan fingerprint density at radius 2 is 2.00 bits per heavy atom. The van der Waals surface area contributed by atoms with Gasteiger partial charge >= 0.3 is 0 Å². The van der Waals surface area contributed by atoms with Crippen molar-refractivity contribution >= 4 is 5.95 Å². The Hall–Kier alpha value is -3.06. The van der Waals surface area contributed by atoms with Crippen LogP contribution < -0.4 is 10.5 Å². The summed E-state index contributed by atoms with van der Waals surface area (Å²) in [7, 11) is 1.68. The fraction of sp³-hybridized carbons (Fsp3) is 0.286. The minimum atomic E-state index is -0.508. The van der Waals surface area contributed by atoms with Crippen molar-refractivity contribution < 1.29 is 9.13 Å². The van der Waals surface area contributed by atoms with E-state index in [-0.39, 0.29) is 23.3 Å². The van der Waals surface area contributed by atoms with Gasteiger partial charge < -0.3 is 9.64 Å². The number of aromatic nitrogens is 3. The van der Waals surface area contributed by atoms with Crippen LogP contribution in [0.5, 0.6) is 0 Å². The second-order valence-electron chi connectivity index (χ2n) is 6.93. The van der Waals surface area contributed by atoms with Gasteiger partial charge in [-0.2, -0.15) is 0 Å². The van der Waals surface area contributed by atoms with Crippen LogP contribution in [0.2, 0.25) is 0 Å². The van der Waals surface area contributed by atoms with Gasteiger partial charge in [-0.05, 0) is 18.6 Å². The van der Waals surface area contributed by atoms with Crippen molar-refractivity contribution in [2.45, 2.75) is 19.1 Å². The van der Waals surface area contributed by atoms with Crippen LogP contribution in [0.15, 0.2) is 59.7 Å². The van der Waals surface area contributed by atoms with Crippen molar-refractivity contribution in [3.63, 3.8) is 0 Å². The molecule has 1 aliphatic rings. The molecular formula is C21H21FN4O2. The summed E-state index contributed by atoms with van der Waals surface area (Å²) in [5.74, 6) is -0.0122. The van der Waals surface area contributed by atoms with Gasteiger partial charge in [0.05, 0.1) is 31.1 Å². The lowest BCUT2D eigenvalue weighted by atomic mass is 10.1. The van der Waals surface area contributed by atoms with Gasteiger partial charge in [0.2, 0.25) is 5.95 Å². The zero-order chi connectivity index (χ0) is 19.7. The number of benzene rings is 1. The number of hydrogen-bond acceptors (Lipinski definition) is 5. The van der Waals surface area contributed by atoms with E-state index in [4.69, 9.17) is 4.74 Å². The zero-order valence-corrected chi connectivity index (χ0v) is 15.7. The largest absolute Gasteiger partial charge is 0.370 e. The predicted octanol–water partition coefficient (Wildman–Crippen LogP) is 2.95. The van der Waals surface area contributed by atoms with Crippen LogP contribution in [0.25, 0.3) is 11.3 Å². The lowest BCUT2D eigenvalue weighted by Crippen LogP contribution is -2.47. The van der Waals surface area contributed by atoms with Gasteiger partial charge in [0, 0.05) is 24.9 Å². The van der Waals surface area contributed by atoms with Crippen molar-refractivity contribution in [2.24, 2.45) is 7.05 Å². The lowest BCUT2D eigenvalue weighted by Gasteiger charge is -2.39. The third kappa shape index (κ3) is 3.41. The van der Waals surface area contributed by atoms with E-state index in [1.807, 2.05) is 42.2 Å². The van der Waals surface area contributed by atoms with Crippen LogP contribution in [0.4, 0.5) is 10.3 Å². The van der Waals surface area contributed by atoms with E-state index < -0.39 is 5.82 Å². The molecule has 1 aliphatic heterocycles. The Labute approximate surface area is 162 Å². The van der Waals surface area contributed by atoms with Crippen LogP contribution in [0, 0.1) is 5.82 Å².